The molecule has 1 aliphatic rings. The maximum absolute atomic E-state index is 10.7. The fourth-order valence-electron chi connectivity index (χ4n) is 1.17. The van der Waals surface area contributed by atoms with Crippen molar-refractivity contribution in [2.75, 3.05) is 0 Å². The number of hydrogen-bond donors (Lipinski definition) is 1. The molecule has 1 aliphatic carbocycles. The lowest BCUT2D eigenvalue weighted by Crippen LogP contribution is -2.34. The van der Waals surface area contributed by atoms with E-state index >= 15 is 0 Å². The van der Waals surface area contributed by atoms with Gasteiger partial charge in [0.15, 0.2) is 0 Å². The van der Waals surface area contributed by atoms with Gasteiger partial charge in [-0.3, -0.25) is 4.79 Å². The van der Waals surface area contributed by atoms with Gasteiger partial charge in [0.05, 0.1) is 0 Å². The Morgan fingerprint density at radius 1 is 1.67 bits per heavy atom. The minimum absolute atomic E-state index is 0.131. The number of carbonyl (C=O) groups excluding carboxylic acids is 1. The third-order valence-corrected chi connectivity index (χ3v) is 2.07. The fraction of sp³-hybridized carbons (Fsp3) is 0.857. The molecule has 52 valence electrons. The summed E-state index contributed by atoms with van der Waals surface area (Å²) in [7, 11) is 0. The number of hydrogen-bond acceptors (Lipinski definition) is 2. The highest BCUT2D eigenvalue weighted by molar-refractivity contribution is 5.79. The molecule has 9 heavy (non-hydrogen) atoms. The largest absolute Gasteiger partial charge is 0.327 e. The van der Waals surface area contributed by atoms with E-state index in [2.05, 4.69) is 6.92 Å². The molecule has 0 bridgehead atoms. The molecular weight excluding hydrogens is 114 g/mol. The Kier molecular flexibility index (Phi) is 1.86. The van der Waals surface area contributed by atoms with Gasteiger partial charge in [-0.1, -0.05) is 6.92 Å². The van der Waals surface area contributed by atoms with Gasteiger partial charge in [-0.15, -0.1) is 0 Å². The molecule has 0 spiro atoms. The number of rotatable bonds is 0. The summed E-state index contributed by atoms with van der Waals surface area (Å²) in [6, 6.07) is 0.131. The van der Waals surface area contributed by atoms with Crippen LogP contribution in [0.5, 0.6) is 0 Å². The minimum atomic E-state index is 0.131. The molecule has 2 atom stereocenters. The first-order valence-corrected chi connectivity index (χ1v) is 3.47. The van der Waals surface area contributed by atoms with Crippen molar-refractivity contribution in [3.63, 3.8) is 0 Å². The van der Waals surface area contributed by atoms with E-state index in [9.17, 15) is 4.79 Å². The lowest BCUT2D eigenvalue weighted by molar-refractivity contribution is -0.121. The van der Waals surface area contributed by atoms with Crippen molar-refractivity contribution < 1.29 is 4.79 Å². The first-order chi connectivity index (χ1) is 4.20. The maximum atomic E-state index is 10.7. The van der Waals surface area contributed by atoms with Gasteiger partial charge < -0.3 is 5.73 Å². The van der Waals surface area contributed by atoms with Gasteiger partial charge in [0.1, 0.15) is 5.78 Å². The topological polar surface area (TPSA) is 43.1 Å². The van der Waals surface area contributed by atoms with Crippen molar-refractivity contribution in [2.24, 2.45) is 11.7 Å². The normalized spacial score (nSPS) is 36.9. The van der Waals surface area contributed by atoms with Gasteiger partial charge >= 0.3 is 0 Å². The van der Waals surface area contributed by atoms with E-state index in [1.807, 2.05) is 0 Å². The van der Waals surface area contributed by atoms with Gasteiger partial charge in [0.25, 0.3) is 0 Å². The first-order valence-electron chi connectivity index (χ1n) is 3.47. The summed E-state index contributed by atoms with van der Waals surface area (Å²) in [5.74, 6) is 0.878. The van der Waals surface area contributed by atoms with Crippen LogP contribution in [-0.2, 0) is 4.79 Å². The van der Waals surface area contributed by atoms with Gasteiger partial charge in [-0.25, -0.2) is 0 Å². The lowest BCUT2D eigenvalue weighted by Gasteiger charge is -2.23. The van der Waals surface area contributed by atoms with Crippen LogP contribution >= 0.6 is 0 Å². The van der Waals surface area contributed by atoms with Gasteiger partial charge in [-0.2, -0.15) is 0 Å². The number of nitrogens with two attached hydrogens (primary N) is 1. The second-order valence-electron chi connectivity index (χ2n) is 2.92. The molecule has 2 nitrogen and oxygen atoms in total. The molecule has 0 saturated heterocycles. The standard InChI is InChI=1S/C7H13NO/c1-5-2-3-6(9)4-7(5)8/h5,7H,2-4,8H2,1H3. The molecule has 0 aromatic rings. The molecule has 2 heteroatoms. The number of ketones is 1. The fourth-order valence-corrected chi connectivity index (χ4v) is 1.17. The van der Waals surface area contributed by atoms with Gasteiger partial charge in [0.2, 0.25) is 0 Å². The van der Waals surface area contributed by atoms with E-state index in [0.29, 0.717) is 18.1 Å². The predicted molar refractivity (Wildman–Crippen MR) is 36.0 cm³/mol. The second-order valence-corrected chi connectivity index (χ2v) is 2.92. The zero-order valence-corrected chi connectivity index (χ0v) is 5.76. The van der Waals surface area contributed by atoms with Crippen LogP contribution in [0.1, 0.15) is 26.2 Å². The van der Waals surface area contributed by atoms with Crippen LogP contribution in [0.25, 0.3) is 0 Å². The van der Waals surface area contributed by atoms with Crippen molar-refractivity contribution in [2.45, 2.75) is 32.2 Å². The van der Waals surface area contributed by atoms with Crippen molar-refractivity contribution >= 4 is 5.78 Å². The molecule has 0 aliphatic heterocycles. The third-order valence-electron chi connectivity index (χ3n) is 2.07. The molecule has 1 fully saturated rings. The van der Waals surface area contributed by atoms with Crippen LogP contribution < -0.4 is 5.73 Å². The summed E-state index contributed by atoms with van der Waals surface area (Å²) in [4.78, 5) is 10.7. The maximum Gasteiger partial charge on any atom is 0.134 e. The molecule has 0 heterocycles. The molecule has 0 radical (unpaired) electrons. The van der Waals surface area contributed by atoms with Crippen LogP contribution in [0.15, 0.2) is 0 Å². The van der Waals surface area contributed by atoms with Crippen LogP contribution in [0.2, 0.25) is 0 Å². The Morgan fingerprint density at radius 3 is 2.78 bits per heavy atom. The highest BCUT2D eigenvalue weighted by Gasteiger charge is 2.22. The molecule has 1 rings (SSSR count). The first kappa shape index (κ1) is 6.75. The Balaban J connectivity index is 2.44. The van der Waals surface area contributed by atoms with E-state index in [4.69, 9.17) is 5.73 Å². The molecule has 1 saturated carbocycles. The molecule has 0 amide bonds. The Hall–Kier alpha value is -0.370. The van der Waals surface area contributed by atoms with Crippen LogP contribution in [0.3, 0.4) is 0 Å². The van der Waals surface area contributed by atoms with E-state index in [0.717, 1.165) is 12.8 Å². The quantitative estimate of drug-likeness (QED) is 0.520. The lowest BCUT2D eigenvalue weighted by atomic mass is 9.86. The Morgan fingerprint density at radius 2 is 2.33 bits per heavy atom. The molecule has 0 aromatic carbocycles. The monoisotopic (exact) mass is 127 g/mol. The third kappa shape index (κ3) is 1.52. The number of Topliss-reactive ketones (excluding diaryl/α,β-unsaturated/α-hetero) is 1. The highest BCUT2D eigenvalue weighted by atomic mass is 16.1. The summed E-state index contributed by atoms with van der Waals surface area (Å²) in [5, 5.41) is 0. The SMILES string of the molecule is CC1CCC(=O)CC1N. The highest BCUT2D eigenvalue weighted by Crippen LogP contribution is 2.19. The molecule has 2 unspecified atom stereocenters. The summed E-state index contributed by atoms with van der Waals surface area (Å²) >= 11 is 0. The predicted octanol–water partition coefficient (Wildman–Crippen LogP) is 0.703. The van der Waals surface area contributed by atoms with E-state index in [1.54, 1.807) is 0 Å². The Labute approximate surface area is 55.4 Å². The number of carbonyl (C=O) groups is 1. The van der Waals surface area contributed by atoms with Crippen molar-refractivity contribution in [3.8, 4) is 0 Å². The molecule has 0 aromatic heterocycles. The summed E-state index contributed by atoms with van der Waals surface area (Å²) in [6.45, 7) is 2.11. The average molecular weight is 127 g/mol. The zero-order valence-electron chi connectivity index (χ0n) is 5.76. The van der Waals surface area contributed by atoms with Crippen molar-refractivity contribution in [3.05, 3.63) is 0 Å². The smallest absolute Gasteiger partial charge is 0.134 e. The van der Waals surface area contributed by atoms with E-state index in [-0.39, 0.29) is 6.04 Å². The van der Waals surface area contributed by atoms with Crippen molar-refractivity contribution in [1.82, 2.24) is 0 Å². The van der Waals surface area contributed by atoms with E-state index in [1.165, 1.54) is 0 Å². The molecular formula is C7H13NO. The Bertz CT molecular complexity index is 122. The van der Waals surface area contributed by atoms with Gasteiger partial charge in [-0.05, 0) is 12.3 Å². The minimum Gasteiger partial charge on any atom is -0.327 e. The van der Waals surface area contributed by atoms with Crippen LogP contribution in [-0.4, -0.2) is 11.8 Å². The van der Waals surface area contributed by atoms with E-state index < -0.39 is 0 Å². The summed E-state index contributed by atoms with van der Waals surface area (Å²) in [5.41, 5.74) is 5.65. The van der Waals surface area contributed by atoms with Crippen LogP contribution in [0, 0.1) is 5.92 Å². The molecule has 2 N–H and O–H groups in total. The average Bonchev–Trinajstić information content (AvgIpc) is 1.80. The summed E-state index contributed by atoms with van der Waals surface area (Å²) in [6.07, 6.45) is 2.33. The van der Waals surface area contributed by atoms with Crippen molar-refractivity contribution in [1.29, 1.82) is 0 Å². The second kappa shape index (κ2) is 2.48. The summed E-state index contributed by atoms with van der Waals surface area (Å²) < 4.78 is 0. The van der Waals surface area contributed by atoms with Crippen LogP contribution in [0.4, 0.5) is 0 Å². The zero-order chi connectivity index (χ0) is 6.85. The van der Waals surface area contributed by atoms with Gasteiger partial charge in [0, 0.05) is 18.9 Å².